The van der Waals surface area contributed by atoms with Gasteiger partial charge in [0.25, 0.3) is 0 Å². The SMILES string of the molecule is COc1ccc2nc(NC(O)c3cccc(C)c3)sc2c1. The van der Waals surface area contributed by atoms with E-state index >= 15 is 0 Å². The molecule has 0 saturated heterocycles. The van der Waals surface area contributed by atoms with Gasteiger partial charge in [-0.25, -0.2) is 4.98 Å². The van der Waals surface area contributed by atoms with Crippen molar-refractivity contribution in [3.8, 4) is 5.75 Å². The van der Waals surface area contributed by atoms with Gasteiger partial charge in [-0.05, 0) is 25.1 Å². The number of hydrogen-bond donors (Lipinski definition) is 2. The molecule has 0 radical (unpaired) electrons. The smallest absolute Gasteiger partial charge is 0.186 e. The summed E-state index contributed by atoms with van der Waals surface area (Å²) in [5.74, 6) is 0.803. The molecule has 0 saturated carbocycles. The average molecular weight is 300 g/mol. The Bertz CT molecular complexity index is 770. The fraction of sp³-hybridized carbons (Fsp3) is 0.188. The number of nitrogens with zero attached hydrogens (tertiary/aromatic N) is 1. The van der Waals surface area contributed by atoms with Crippen LogP contribution in [0.4, 0.5) is 5.13 Å². The van der Waals surface area contributed by atoms with Crippen molar-refractivity contribution in [3.05, 3.63) is 53.6 Å². The van der Waals surface area contributed by atoms with Crippen LogP contribution in [0.15, 0.2) is 42.5 Å². The van der Waals surface area contributed by atoms with Crippen molar-refractivity contribution in [3.63, 3.8) is 0 Å². The molecule has 0 amide bonds. The maximum atomic E-state index is 10.3. The van der Waals surface area contributed by atoms with Gasteiger partial charge in [0, 0.05) is 5.56 Å². The summed E-state index contributed by atoms with van der Waals surface area (Å²) in [5, 5.41) is 14.0. The van der Waals surface area contributed by atoms with E-state index in [9.17, 15) is 5.11 Å². The first-order chi connectivity index (χ1) is 10.2. The van der Waals surface area contributed by atoms with E-state index in [1.807, 2.05) is 49.4 Å². The molecule has 1 heterocycles. The van der Waals surface area contributed by atoms with Crippen LogP contribution in [0.3, 0.4) is 0 Å². The fourth-order valence-electron chi connectivity index (χ4n) is 2.13. The van der Waals surface area contributed by atoms with Crippen molar-refractivity contribution in [1.82, 2.24) is 4.98 Å². The molecule has 0 bridgehead atoms. The highest BCUT2D eigenvalue weighted by molar-refractivity contribution is 7.22. The van der Waals surface area contributed by atoms with E-state index in [4.69, 9.17) is 4.74 Å². The average Bonchev–Trinajstić information content (AvgIpc) is 2.88. The second-order valence-electron chi connectivity index (χ2n) is 4.81. The summed E-state index contributed by atoms with van der Waals surface area (Å²) in [6.07, 6.45) is -0.771. The highest BCUT2D eigenvalue weighted by Gasteiger charge is 2.11. The van der Waals surface area contributed by atoms with Gasteiger partial charge in [0.1, 0.15) is 5.75 Å². The van der Waals surface area contributed by atoms with E-state index in [1.165, 1.54) is 11.3 Å². The fourth-order valence-corrected chi connectivity index (χ4v) is 3.05. The minimum absolute atomic E-state index is 0.687. The van der Waals surface area contributed by atoms with Crippen LogP contribution in [0.2, 0.25) is 0 Å². The van der Waals surface area contributed by atoms with E-state index in [2.05, 4.69) is 10.3 Å². The molecule has 21 heavy (non-hydrogen) atoms. The summed E-state index contributed by atoms with van der Waals surface area (Å²) in [4.78, 5) is 4.47. The maximum Gasteiger partial charge on any atom is 0.186 e. The summed E-state index contributed by atoms with van der Waals surface area (Å²) in [6.45, 7) is 2.00. The Morgan fingerprint density at radius 2 is 2.10 bits per heavy atom. The van der Waals surface area contributed by atoms with Gasteiger partial charge in [0.2, 0.25) is 0 Å². The van der Waals surface area contributed by atoms with Gasteiger partial charge in [-0.1, -0.05) is 41.2 Å². The number of aliphatic hydroxyl groups is 1. The molecule has 1 unspecified atom stereocenters. The number of aliphatic hydroxyl groups excluding tert-OH is 1. The molecule has 0 aliphatic rings. The van der Waals surface area contributed by atoms with Crippen LogP contribution in [0, 0.1) is 6.92 Å². The number of hydrogen-bond acceptors (Lipinski definition) is 5. The Balaban J connectivity index is 1.84. The van der Waals surface area contributed by atoms with Gasteiger partial charge >= 0.3 is 0 Å². The Kier molecular flexibility index (Phi) is 3.77. The predicted octanol–water partition coefficient (Wildman–Crippen LogP) is 3.72. The van der Waals surface area contributed by atoms with Crippen LogP contribution < -0.4 is 10.1 Å². The highest BCUT2D eigenvalue weighted by atomic mass is 32.1. The van der Waals surface area contributed by atoms with E-state index < -0.39 is 6.23 Å². The summed E-state index contributed by atoms with van der Waals surface area (Å²) in [6, 6.07) is 13.5. The maximum absolute atomic E-state index is 10.3. The van der Waals surface area contributed by atoms with Gasteiger partial charge in [-0.15, -0.1) is 0 Å². The van der Waals surface area contributed by atoms with E-state index in [0.717, 1.165) is 27.1 Å². The van der Waals surface area contributed by atoms with Crippen molar-refractivity contribution < 1.29 is 9.84 Å². The first-order valence-electron chi connectivity index (χ1n) is 6.61. The number of rotatable bonds is 4. The molecule has 1 aromatic heterocycles. The van der Waals surface area contributed by atoms with Crippen molar-refractivity contribution in [1.29, 1.82) is 0 Å². The number of fused-ring (bicyclic) bond motifs is 1. The lowest BCUT2D eigenvalue weighted by atomic mass is 10.1. The number of nitrogens with one attached hydrogen (secondary N) is 1. The number of aryl methyl sites for hydroxylation is 1. The topological polar surface area (TPSA) is 54.4 Å². The number of aromatic nitrogens is 1. The molecule has 2 N–H and O–H groups in total. The zero-order valence-electron chi connectivity index (χ0n) is 11.8. The monoisotopic (exact) mass is 300 g/mol. The number of anilines is 1. The van der Waals surface area contributed by atoms with Gasteiger partial charge in [0.15, 0.2) is 11.4 Å². The van der Waals surface area contributed by atoms with Crippen molar-refractivity contribution in [2.45, 2.75) is 13.2 Å². The molecule has 0 fully saturated rings. The van der Waals surface area contributed by atoms with Crippen LogP contribution in [-0.4, -0.2) is 17.2 Å². The van der Waals surface area contributed by atoms with Crippen LogP contribution >= 0.6 is 11.3 Å². The predicted molar refractivity (Wildman–Crippen MR) is 85.9 cm³/mol. The third-order valence-electron chi connectivity index (χ3n) is 3.21. The van der Waals surface area contributed by atoms with Crippen LogP contribution in [0.5, 0.6) is 5.75 Å². The lowest BCUT2D eigenvalue weighted by Crippen LogP contribution is -2.09. The molecule has 2 aromatic carbocycles. The third-order valence-corrected chi connectivity index (χ3v) is 4.16. The van der Waals surface area contributed by atoms with Crippen molar-refractivity contribution >= 4 is 26.7 Å². The molecule has 4 nitrogen and oxygen atoms in total. The number of thiazole rings is 1. The highest BCUT2D eigenvalue weighted by Crippen LogP contribution is 2.30. The van der Waals surface area contributed by atoms with Gasteiger partial charge in [-0.2, -0.15) is 0 Å². The Morgan fingerprint density at radius 3 is 2.86 bits per heavy atom. The van der Waals surface area contributed by atoms with Crippen LogP contribution in [0.1, 0.15) is 17.4 Å². The van der Waals surface area contributed by atoms with Crippen LogP contribution in [0.25, 0.3) is 10.2 Å². The molecule has 0 aliphatic carbocycles. The molecule has 108 valence electrons. The molecular formula is C16H16N2O2S. The van der Waals surface area contributed by atoms with E-state index in [0.29, 0.717) is 5.13 Å². The normalized spacial score (nSPS) is 12.3. The summed E-state index contributed by atoms with van der Waals surface area (Å²) in [7, 11) is 1.64. The molecule has 3 rings (SSSR count). The Morgan fingerprint density at radius 1 is 1.24 bits per heavy atom. The van der Waals surface area contributed by atoms with Crippen molar-refractivity contribution in [2.24, 2.45) is 0 Å². The van der Waals surface area contributed by atoms with Crippen LogP contribution in [-0.2, 0) is 0 Å². The van der Waals surface area contributed by atoms with Gasteiger partial charge in [-0.3, -0.25) is 0 Å². The first-order valence-corrected chi connectivity index (χ1v) is 7.43. The minimum Gasteiger partial charge on any atom is -0.497 e. The zero-order valence-corrected chi connectivity index (χ0v) is 12.6. The molecule has 1 atom stereocenters. The molecule has 0 aliphatic heterocycles. The van der Waals surface area contributed by atoms with Gasteiger partial charge < -0.3 is 15.2 Å². The number of ether oxygens (including phenoxy) is 1. The second kappa shape index (κ2) is 5.71. The largest absolute Gasteiger partial charge is 0.497 e. The summed E-state index contributed by atoms with van der Waals surface area (Å²) in [5.41, 5.74) is 2.83. The molecule has 0 spiro atoms. The summed E-state index contributed by atoms with van der Waals surface area (Å²) < 4.78 is 6.23. The number of benzene rings is 2. The van der Waals surface area contributed by atoms with E-state index in [-0.39, 0.29) is 0 Å². The molecular weight excluding hydrogens is 284 g/mol. The minimum atomic E-state index is -0.771. The quantitative estimate of drug-likeness (QED) is 0.721. The van der Waals surface area contributed by atoms with E-state index in [1.54, 1.807) is 7.11 Å². The first kappa shape index (κ1) is 13.9. The molecule has 5 heteroatoms. The lowest BCUT2D eigenvalue weighted by Gasteiger charge is -2.12. The number of methoxy groups -OCH3 is 1. The van der Waals surface area contributed by atoms with Gasteiger partial charge in [0.05, 0.1) is 17.3 Å². The Labute approximate surface area is 127 Å². The summed E-state index contributed by atoms with van der Waals surface area (Å²) >= 11 is 1.49. The van der Waals surface area contributed by atoms with Crippen molar-refractivity contribution in [2.75, 3.05) is 12.4 Å². The lowest BCUT2D eigenvalue weighted by molar-refractivity contribution is 0.208. The zero-order chi connectivity index (χ0) is 14.8. The second-order valence-corrected chi connectivity index (χ2v) is 5.84. The molecule has 3 aromatic rings. The Hall–Kier alpha value is -2.11. The standard InChI is InChI=1S/C16H16N2O2S/c1-10-4-3-5-11(8-10)15(19)18-16-17-13-7-6-12(20-2)9-14(13)21-16/h3-9,15,19H,1-2H3,(H,17,18). The third kappa shape index (κ3) is 2.99.